The first-order valence-electron chi connectivity index (χ1n) is 11.0. The number of aryl methyl sites for hydroxylation is 1. The van der Waals surface area contributed by atoms with Crippen molar-refractivity contribution in [1.82, 2.24) is 19.8 Å². The zero-order valence-corrected chi connectivity index (χ0v) is 19.3. The van der Waals surface area contributed by atoms with Crippen molar-refractivity contribution >= 4 is 28.2 Å². The molecule has 0 saturated carbocycles. The third-order valence-corrected chi connectivity index (χ3v) is 7.32. The molecule has 3 aromatic rings. The third kappa shape index (κ3) is 4.52. The van der Waals surface area contributed by atoms with Gasteiger partial charge in [0.25, 0.3) is 0 Å². The van der Waals surface area contributed by atoms with Crippen LogP contribution in [0.5, 0.6) is 0 Å². The van der Waals surface area contributed by atoms with Crippen LogP contribution < -0.4 is 15.9 Å². The molecule has 0 bridgehead atoms. The quantitative estimate of drug-likeness (QED) is 0.570. The maximum absolute atomic E-state index is 13.5. The van der Waals surface area contributed by atoms with E-state index in [0.717, 1.165) is 30.2 Å². The lowest BCUT2D eigenvalue weighted by molar-refractivity contribution is -0.137. The number of hydrogen-bond acceptors (Lipinski definition) is 6. The van der Waals surface area contributed by atoms with E-state index in [1.807, 2.05) is 6.07 Å². The van der Waals surface area contributed by atoms with Crippen molar-refractivity contribution in [1.29, 1.82) is 0 Å². The lowest BCUT2D eigenvalue weighted by atomic mass is 10.0. The summed E-state index contributed by atoms with van der Waals surface area (Å²) in [6, 6.07) is 10.4. The first-order valence-corrected chi connectivity index (χ1v) is 11.8. The van der Waals surface area contributed by atoms with Gasteiger partial charge in [-0.1, -0.05) is 23.5 Å². The first kappa shape index (κ1) is 22.8. The van der Waals surface area contributed by atoms with Crippen LogP contribution in [-0.2, 0) is 12.6 Å². The Morgan fingerprint density at radius 2 is 1.94 bits per heavy atom. The number of rotatable bonds is 4. The molecule has 2 aliphatic rings. The molecule has 1 aromatic carbocycles. The molecule has 1 saturated heterocycles. The van der Waals surface area contributed by atoms with E-state index >= 15 is 0 Å². The minimum absolute atomic E-state index is 0.169. The topological polar surface area (TPSA) is 44.3 Å². The number of anilines is 1. The van der Waals surface area contributed by atoms with Gasteiger partial charge < -0.3 is 10.2 Å². The number of nitrogens with one attached hydrogen (secondary N) is 1. The van der Waals surface area contributed by atoms with E-state index < -0.39 is 11.2 Å². The Bertz CT molecular complexity index is 1300. The van der Waals surface area contributed by atoms with Gasteiger partial charge in [0.2, 0.25) is 5.01 Å². The first-order chi connectivity index (χ1) is 16.3. The molecule has 1 atom stereocenters. The Morgan fingerprint density at radius 3 is 2.71 bits per heavy atom. The summed E-state index contributed by atoms with van der Waals surface area (Å²) in [5.41, 5.74) is 1.96. The minimum atomic E-state index is -4.52. The predicted molar refractivity (Wildman–Crippen MR) is 124 cm³/mol. The summed E-state index contributed by atoms with van der Waals surface area (Å²) in [6.45, 7) is 2.02. The number of benzene rings is 1. The van der Waals surface area contributed by atoms with Crippen LogP contribution in [0.15, 0.2) is 42.6 Å². The second kappa shape index (κ2) is 8.99. The van der Waals surface area contributed by atoms with Crippen LogP contribution in [0.4, 0.5) is 22.6 Å². The van der Waals surface area contributed by atoms with Crippen LogP contribution in [0.25, 0.3) is 11.9 Å². The summed E-state index contributed by atoms with van der Waals surface area (Å²) in [5.74, 6) is -0.261. The van der Waals surface area contributed by atoms with Gasteiger partial charge in [-0.2, -0.15) is 13.2 Å². The maximum atomic E-state index is 13.5. The van der Waals surface area contributed by atoms with Crippen molar-refractivity contribution in [3.63, 3.8) is 0 Å². The Morgan fingerprint density at radius 1 is 1.15 bits per heavy atom. The fourth-order valence-corrected chi connectivity index (χ4v) is 5.23. The second-order valence-corrected chi connectivity index (χ2v) is 9.52. The number of halogens is 4. The van der Waals surface area contributed by atoms with E-state index in [1.165, 1.54) is 12.1 Å². The van der Waals surface area contributed by atoms with Gasteiger partial charge in [-0.05, 0) is 49.7 Å². The van der Waals surface area contributed by atoms with Gasteiger partial charge >= 0.3 is 6.18 Å². The van der Waals surface area contributed by atoms with Crippen molar-refractivity contribution < 1.29 is 17.6 Å². The minimum Gasteiger partial charge on any atom is -0.365 e. The van der Waals surface area contributed by atoms with Crippen molar-refractivity contribution in [2.24, 2.45) is 0 Å². The highest BCUT2D eigenvalue weighted by molar-refractivity contribution is 7.16. The number of nitrogens with zero attached hydrogens (tertiary/aromatic N) is 4. The molecule has 0 spiro atoms. The highest BCUT2D eigenvalue weighted by atomic mass is 32.1. The zero-order chi connectivity index (χ0) is 23.9. The van der Waals surface area contributed by atoms with Crippen LogP contribution >= 0.6 is 11.3 Å². The molecule has 1 N–H and O–H groups in total. The Labute approximate surface area is 198 Å². The lowest BCUT2D eigenvalue weighted by Gasteiger charge is -2.41. The van der Waals surface area contributed by atoms with Crippen molar-refractivity contribution in [2.75, 3.05) is 32.0 Å². The lowest BCUT2D eigenvalue weighted by Crippen LogP contribution is -2.52. The molecule has 178 valence electrons. The fraction of sp³-hybridized carbons (Fsp3) is 0.333. The van der Waals surface area contributed by atoms with E-state index in [2.05, 4.69) is 32.1 Å². The van der Waals surface area contributed by atoms with E-state index in [4.69, 9.17) is 0 Å². The molecule has 1 fully saturated rings. The number of alkyl halides is 3. The molecule has 0 amide bonds. The average molecular weight is 490 g/mol. The molecule has 2 aromatic heterocycles. The summed E-state index contributed by atoms with van der Waals surface area (Å²) in [5, 5.41) is 3.93. The number of piperazine rings is 1. The normalized spacial score (nSPS) is 18.6. The third-order valence-electron chi connectivity index (χ3n) is 6.29. The molecule has 5 nitrogen and oxygen atoms in total. The zero-order valence-electron chi connectivity index (χ0n) is 18.4. The predicted octanol–water partition coefficient (Wildman–Crippen LogP) is 3.26. The molecule has 0 aliphatic carbocycles. The van der Waals surface area contributed by atoms with Crippen LogP contribution in [0.1, 0.15) is 22.7 Å². The summed E-state index contributed by atoms with van der Waals surface area (Å²) in [7, 11) is 2.06. The number of hydrogen-bond donors (Lipinski definition) is 1. The monoisotopic (exact) mass is 489 g/mol. The standard InChI is InChI=1S/C24H23F4N5S/c1-32-11-12-33(14-18(32)9-6-15-4-7-17(25)8-5-15)21-19-16(3-2-10-29-19)13-30-22-20(21)31-23(34-22)24(26,27)28/h2-5,7-8,10,13,18,30H,6,9,11-12,14H2,1H3. The van der Waals surface area contributed by atoms with Crippen molar-refractivity contribution in [2.45, 2.75) is 25.1 Å². The van der Waals surface area contributed by atoms with Crippen LogP contribution in [0, 0.1) is 5.82 Å². The molecule has 1 unspecified atom stereocenters. The van der Waals surface area contributed by atoms with Crippen LogP contribution in [0.2, 0.25) is 0 Å². The van der Waals surface area contributed by atoms with Gasteiger partial charge in [-0.25, -0.2) is 9.37 Å². The highest BCUT2D eigenvalue weighted by Gasteiger charge is 2.38. The van der Waals surface area contributed by atoms with E-state index in [1.54, 1.807) is 30.6 Å². The summed E-state index contributed by atoms with van der Waals surface area (Å²) in [6.07, 6.45) is 0.438. The van der Waals surface area contributed by atoms with E-state index in [-0.39, 0.29) is 17.6 Å². The average Bonchev–Trinajstić information content (AvgIpc) is 3.18. The van der Waals surface area contributed by atoms with Gasteiger partial charge in [0.1, 0.15) is 16.5 Å². The molecule has 4 heterocycles. The summed E-state index contributed by atoms with van der Waals surface area (Å²) < 4.78 is 53.7. The summed E-state index contributed by atoms with van der Waals surface area (Å²) in [4.78, 5) is 12.9. The number of aromatic nitrogens is 2. The fourth-order valence-electron chi connectivity index (χ4n) is 4.43. The number of pyridine rings is 1. The second-order valence-electron chi connectivity index (χ2n) is 8.52. The smallest absolute Gasteiger partial charge is 0.365 e. The Balaban J connectivity index is 1.50. The van der Waals surface area contributed by atoms with Crippen molar-refractivity contribution in [3.05, 3.63) is 75.2 Å². The molecule has 5 rings (SSSR count). The van der Waals surface area contributed by atoms with Gasteiger partial charge in [0, 0.05) is 43.3 Å². The molecule has 2 aliphatic heterocycles. The number of thiazole rings is 1. The van der Waals surface area contributed by atoms with E-state index in [0.29, 0.717) is 40.5 Å². The number of likely N-dealkylation sites (N-methyl/N-ethyl adjacent to an activating group) is 1. The molecular formula is C24H23F4N5S. The van der Waals surface area contributed by atoms with Gasteiger partial charge in [0.05, 0.1) is 11.0 Å². The van der Waals surface area contributed by atoms with Crippen molar-refractivity contribution in [3.8, 4) is 0 Å². The SMILES string of the molecule is CN1CCN(C2=c3ncccc3=CNc3sc(C(F)(F)F)nc32)CC1CCc1ccc(F)cc1. The van der Waals surface area contributed by atoms with Gasteiger partial charge in [-0.3, -0.25) is 9.88 Å². The molecule has 34 heavy (non-hydrogen) atoms. The summed E-state index contributed by atoms with van der Waals surface area (Å²) >= 11 is 0.609. The molecule has 0 radical (unpaired) electrons. The van der Waals surface area contributed by atoms with Gasteiger partial charge in [0.15, 0.2) is 0 Å². The van der Waals surface area contributed by atoms with Crippen LogP contribution in [0.3, 0.4) is 0 Å². The molecule has 10 heteroatoms. The maximum Gasteiger partial charge on any atom is 0.443 e. The number of fused-ring (bicyclic) bond motifs is 2. The Hall–Kier alpha value is -2.98. The van der Waals surface area contributed by atoms with E-state index in [9.17, 15) is 17.6 Å². The molecular weight excluding hydrogens is 466 g/mol. The Kier molecular flexibility index (Phi) is 6.03. The highest BCUT2D eigenvalue weighted by Crippen LogP contribution is 2.40. The largest absolute Gasteiger partial charge is 0.443 e. The van der Waals surface area contributed by atoms with Gasteiger partial charge in [-0.15, -0.1) is 0 Å². The van der Waals surface area contributed by atoms with Crippen LogP contribution in [-0.4, -0.2) is 52.5 Å².